The predicted octanol–water partition coefficient (Wildman–Crippen LogP) is 1.17. The van der Waals surface area contributed by atoms with Crippen LogP contribution in [0.3, 0.4) is 0 Å². The lowest BCUT2D eigenvalue weighted by Gasteiger charge is -2.08. The third-order valence-corrected chi connectivity index (χ3v) is 2.56. The van der Waals surface area contributed by atoms with E-state index in [1.54, 1.807) is 23.3 Å². The summed E-state index contributed by atoms with van der Waals surface area (Å²) in [6, 6.07) is 2.04. The standard InChI is InChI=1S/C12H12F2N4O/c13-8-1-2-9(15)11(14)10(8)12(19)17-4-6-18-5-3-16-7-18/h1-3,5,7H,4,6,15H2,(H,17,19). The molecule has 0 aliphatic carbocycles. The number of hydrogen-bond acceptors (Lipinski definition) is 3. The molecule has 0 spiro atoms. The van der Waals surface area contributed by atoms with Gasteiger partial charge in [0.25, 0.3) is 5.91 Å². The van der Waals surface area contributed by atoms with Crippen LogP contribution in [0.4, 0.5) is 14.5 Å². The number of hydrogen-bond donors (Lipinski definition) is 2. The number of nitrogens with two attached hydrogens (primary N) is 1. The zero-order chi connectivity index (χ0) is 13.8. The summed E-state index contributed by atoms with van der Waals surface area (Å²) in [4.78, 5) is 15.5. The van der Waals surface area contributed by atoms with Crippen LogP contribution >= 0.6 is 0 Å². The van der Waals surface area contributed by atoms with Gasteiger partial charge in [0.2, 0.25) is 0 Å². The molecule has 3 N–H and O–H groups in total. The first-order chi connectivity index (χ1) is 9.09. The molecule has 19 heavy (non-hydrogen) atoms. The van der Waals surface area contributed by atoms with Gasteiger partial charge in [-0.1, -0.05) is 0 Å². The lowest BCUT2D eigenvalue weighted by atomic mass is 10.1. The van der Waals surface area contributed by atoms with Gasteiger partial charge in [0, 0.05) is 25.5 Å². The smallest absolute Gasteiger partial charge is 0.257 e. The second-order valence-corrected chi connectivity index (χ2v) is 3.88. The fraction of sp³-hybridized carbons (Fsp3) is 0.167. The second kappa shape index (κ2) is 5.47. The van der Waals surface area contributed by atoms with Crippen molar-refractivity contribution in [3.05, 3.63) is 48.1 Å². The van der Waals surface area contributed by atoms with Gasteiger partial charge in [0.1, 0.15) is 11.4 Å². The van der Waals surface area contributed by atoms with Crippen LogP contribution in [0.25, 0.3) is 0 Å². The quantitative estimate of drug-likeness (QED) is 0.816. The third kappa shape index (κ3) is 2.87. The van der Waals surface area contributed by atoms with Gasteiger partial charge in [-0.05, 0) is 12.1 Å². The van der Waals surface area contributed by atoms with Crippen molar-refractivity contribution in [1.82, 2.24) is 14.9 Å². The average Bonchev–Trinajstić information content (AvgIpc) is 2.87. The van der Waals surface area contributed by atoms with E-state index in [0.717, 1.165) is 12.1 Å². The molecule has 0 atom stereocenters. The monoisotopic (exact) mass is 266 g/mol. The summed E-state index contributed by atoms with van der Waals surface area (Å²) in [5.41, 5.74) is 4.37. The molecule has 2 rings (SSSR count). The Kier molecular flexibility index (Phi) is 3.74. The molecule has 0 fully saturated rings. The van der Waals surface area contributed by atoms with Crippen molar-refractivity contribution in [2.24, 2.45) is 0 Å². The summed E-state index contributed by atoms with van der Waals surface area (Å²) in [6.07, 6.45) is 4.89. The van der Waals surface area contributed by atoms with Gasteiger partial charge in [-0.3, -0.25) is 4.79 Å². The van der Waals surface area contributed by atoms with E-state index in [1.807, 2.05) is 0 Å². The number of anilines is 1. The van der Waals surface area contributed by atoms with Crippen molar-refractivity contribution in [3.8, 4) is 0 Å². The summed E-state index contributed by atoms with van der Waals surface area (Å²) < 4.78 is 28.7. The lowest BCUT2D eigenvalue weighted by Crippen LogP contribution is -2.29. The van der Waals surface area contributed by atoms with Crippen LogP contribution in [0.5, 0.6) is 0 Å². The summed E-state index contributed by atoms with van der Waals surface area (Å²) in [7, 11) is 0. The first-order valence-electron chi connectivity index (χ1n) is 5.57. The summed E-state index contributed by atoms with van der Waals surface area (Å²) >= 11 is 0. The zero-order valence-corrected chi connectivity index (χ0v) is 9.94. The Morgan fingerprint density at radius 1 is 1.42 bits per heavy atom. The van der Waals surface area contributed by atoms with Crippen LogP contribution in [-0.4, -0.2) is 22.0 Å². The Labute approximate surface area is 108 Å². The summed E-state index contributed by atoms with van der Waals surface area (Å²) in [6.45, 7) is 0.681. The predicted molar refractivity (Wildman–Crippen MR) is 65.3 cm³/mol. The van der Waals surface area contributed by atoms with Crippen LogP contribution in [0.2, 0.25) is 0 Å². The number of halogens is 2. The summed E-state index contributed by atoms with van der Waals surface area (Å²) in [5.74, 6) is -2.81. The highest BCUT2D eigenvalue weighted by atomic mass is 19.1. The van der Waals surface area contributed by atoms with Gasteiger partial charge in [-0.2, -0.15) is 0 Å². The first kappa shape index (κ1) is 13.0. The number of nitrogen functional groups attached to an aromatic ring is 1. The van der Waals surface area contributed by atoms with Crippen molar-refractivity contribution < 1.29 is 13.6 Å². The number of nitrogens with one attached hydrogen (secondary N) is 1. The second-order valence-electron chi connectivity index (χ2n) is 3.88. The number of nitrogens with zero attached hydrogens (tertiary/aromatic N) is 2. The van der Waals surface area contributed by atoms with E-state index >= 15 is 0 Å². The molecular weight excluding hydrogens is 254 g/mol. The Hall–Kier alpha value is -2.44. The highest BCUT2D eigenvalue weighted by molar-refractivity contribution is 5.95. The minimum atomic E-state index is -1.04. The normalized spacial score (nSPS) is 10.4. The topological polar surface area (TPSA) is 72.9 Å². The molecular formula is C12H12F2N4O. The largest absolute Gasteiger partial charge is 0.396 e. The lowest BCUT2D eigenvalue weighted by molar-refractivity contribution is 0.0944. The molecule has 0 aliphatic heterocycles. The fourth-order valence-electron chi connectivity index (χ4n) is 1.58. The molecule has 1 aromatic heterocycles. The van der Waals surface area contributed by atoms with E-state index in [2.05, 4.69) is 10.3 Å². The van der Waals surface area contributed by atoms with Crippen LogP contribution in [0, 0.1) is 11.6 Å². The SMILES string of the molecule is Nc1ccc(F)c(C(=O)NCCn2ccnc2)c1F. The maximum absolute atomic E-state index is 13.6. The highest BCUT2D eigenvalue weighted by Gasteiger charge is 2.18. The van der Waals surface area contributed by atoms with Crippen molar-refractivity contribution in [2.45, 2.75) is 6.54 Å². The zero-order valence-electron chi connectivity index (χ0n) is 9.94. The fourth-order valence-corrected chi connectivity index (χ4v) is 1.58. The molecule has 5 nitrogen and oxygen atoms in total. The molecule has 0 saturated heterocycles. The minimum Gasteiger partial charge on any atom is -0.396 e. The number of imidazole rings is 1. The molecule has 0 aliphatic rings. The van der Waals surface area contributed by atoms with E-state index in [4.69, 9.17) is 5.73 Å². The van der Waals surface area contributed by atoms with E-state index in [0.29, 0.717) is 6.54 Å². The number of rotatable bonds is 4. The molecule has 2 aromatic rings. The number of carbonyl (C=O) groups is 1. The van der Waals surface area contributed by atoms with E-state index in [9.17, 15) is 13.6 Å². The number of benzene rings is 1. The van der Waals surface area contributed by atoms with Crippen molar-refractivity contribution in [3.63, 3.8) is 0 Å². The van der Waals surface area contributed by atoms with Gasteiger partial charge >= 0.3 is 0 Å². The van der Waals surface area contributed by atoms with Crippen molar-refractivity contribution in [2.75, 3.05) is 12.3 Å². The Bertz CT molecular complexity index is 584. The van der Waals surface area contributed by atoms with E-state index < -0.39 is 23.1 Å². The molecule has 1 amide bonds. The number of amides is 1. The first-order valence-corrected chi connectivity index (χ1v) is 5.57. The van der Waals surface area contributed by atoms with Gasteiger partial charge < -0.3 is 15.6 Å². The molecule has 0 unspecified atom stereocenters. The van der Waals surface area contributed by atoms with E-state index in [1.165, 1.54) is 0 Å². The number of carbonyl (C=O) groups excluding carboxylic acids is 1. The average molecular weight is 266 g/mol. The molecule has 0 radical (unpaired) electrons. The minimum absolute atomic E-state index is 0.225. The van der Waals surface area contributed by atoms with E-state index in [-0.39, 0.29) is 12.2 Å². The molecule has 1 heterocycles. The molecule has 1 aromatic carbocycles. The van der Waals surface area contributed by atoms with Gasteiger partial charge in [0.15, 0.2) is 5.82 Å². The van der Waals surface area contributed by atoms with Crippen LogP contribution < -0.4 is 11.1 Å². The van der Waals surface area contributed by atoms with Crippen LogP contribution in [-0.2, 0) is 6.54 Å². The summed E-state index contributed by atoms with van der Waals surface area (Å²) in [5, 5.41) is 2.42. The van der Waals surface area contributed by atoms with Gasteiger partial charge in [-0.25, -0.2) is 13.8 Å². The third-order valence-electron chi connectivity index (χ3n) is 2.56. The van der Waals surface area contributed by atoms with Crippen molar-refractivity contribution >= 4 is 11.6 Å². The van der Waals surface area contributed by atoms with Crippen molar-refractivity contribution in [1.29, 1.82) is 0 Å². The maximum atomic E-state index is 13.6. The van der Waals surface area contributed by atoms with Crippen LogP contribution in [0.15, 0.2) is 30.9 Å². The molecule has 7 heteroatoms. The Balaban J connectivity index is 2.02. The highest BCUT2D eigenvalue weighted by Crippen LogP contribution is 2.18. The van der Waals surface area contributed by atoms with Gasteiger partial charge in [0.05, 0.1) is 12.0 Å². The molecule has 100 valence electrons. The molecule has 0 bridgehead atoms. The van der Waals surface area contributed by atoms with Gasteiger partial charge in [-0.15, -0.1) is 0 Å². The number of aromatic nitrogens is 2. The Morgan fingerprint density at radius 2 is 2.21 bits per heavy atom. The van der Waals surface area contributed by atoms with Crippen LogP contribution in [0.1, 0.15) is 10.4 Å². The Morgan fingerprint density at radius 3 is 2.89 bits per heavy atom. The maximum Gasteiger partial charge on any atom is 0.257 e. The molecule has 0 saturated carbocycles.